The molecule has 2 aliphatic rings. The Kier molecular flexibility index (Phi) is 8.48. The van der Waals surface area contributed by atoms with Crippen LogP contribution in [0.2, 0.25) is 0 Å². The zero-order chi connectivity index (χ0) is 38.6. The quantitative estimate of drug-likeness (QED) is 0.123. The van der Waals surface area contributed by atoms with Crippen molar-refractivity contribution in [2.24, 2.45) is 0 Å². The molecule has 0 spiro atoms. The van der Waals surface area contributed by atoms with Gasteiger partial charge in [0.15, 0.2) is 0 Å². The smallest absolute Gasteiger partial charge is 0.294 e. The summed E-state index contributed by atoms with van der Waals surface area (Å²) in [5.41, 5.74) is 12.9. The summed E-state index contributed by atoms with van der Waals surface area (Å²) in [6.07, 6.45) is 7.98. The molecule has 12 heteroatoms. The molecule has 6 N–H and O–H groups in total. The van der Waals surface area contributed by atoms with Crippen LogP contribution >= 0.6 is 0 Å². The minimum Gasteiger partial charge on any atom is -0.354 e. The van der Waals surface area contributed by atoms with Crippen LogP contribution in [0.4, 0.5) is 0 Å². The maximum absolute atomic E-state index is 12.0. The van der Waals surface area contributed by atoms with Crippen molar-refractivity contribution in [3.8, 4) is 44.5 Å². The van der Waals surface area contributed by atoms with Gasteiger partial charge in [-0.3, -0.25) is 9.11 Å². The van der Waals surface area contributed by atoms with Crippen molar-refractivity contribution in [1.29, 1.82) is 0 Å². The topological polar surface area (TPSA) is 169 Å². The Hall–Kier alpha value is -6.70. The van der Waals surface area contributed by atoms with Crippen molar-refractivity contribution in [3.63, 3.8) is 0 Å². The summed E-state index contributed by atoms with van der Waals surface area (Å²) in [5.74, 6) is 0. The molecule has 9 rings (SSSR count). The molecular weight excluding hydrogens is 745 g/mol. The minimum atomic E-state index is -4.43. The first-order valence-corrected chi connectivity index (χ1v) is 20.4. The van der Waals surface area contributed by atoms with Gasteiger partial charge in [0.05, 0.1) is 54.1 Å². The second-order valence-corrected chi connectivity index (χ2v) is 16.2. The van der Waals surface area contributed by atoms with E-state index >= 15 is 0 Å². The molecule has 7 aromatic rings. The van der Waals surface area contributed by atoms with Gasteiger partial charge in [0.1, 0.15) is 0 Å². The Bertz CT molecular complexity index is 2940. The number of aromatic nitrogens is 4. The molecule has 0 atom stereocenters. The van der Waals surface area contributed by atoms with E-state index in [1.165, 1.54) is 24.3 Å². The van der Waals surface area contributed by atoms with Crippen molar-refractivity contribution in [3.05, 3.63) is 156 Å². The van der Waals surface area contributed by atoms with Crippen LogP contribution in [0.25, 0.3) is 90.9 Å². The maximum Gasteiger partial charge on any atom is 0.294 e. The Balaban J connectivity index is 1.44. The number of hydrogen-bond acceptors (Lipinski definition) is 4. The van der Waals surface area contributed by atoms with Crippen LogP contribution in [0.5, 0.6) is 0 Å². The molecule has 4 aromatic carbocycles. The van der Waals surface area contributed by atoms with Crippen LogP contribution in [-0.2, 0) is 20.2 Å². The Morgan fingerprint density at radius 3 is 0.893 bits per heavy atom. The van der Waals surface area contributed by atoms with Gasteiger partial charge in [-0.05, 0) is 70.8 Å². The number of nitrogens with one attached hydrogen (secondary N) is 4. The zero-order valence-electron chi connectivity index (χ0n) is 29.4. The molecule has 0 fully saturated rings. The second kappa shape index (κ2) is 13.6. The average Bonchev–Trinajstić information content (AvgIpc) is 4.03. The standard InChI is InChI=1S/C44H30N4O6S2/c49-55(50,51)31-15-11-29(12-16-31)43-37-23-21-35(46-37)41(27-7-3-1-4-8-27)33-19-20-34(45-33)42(28-9-5-2-6-10-28)36-22-24-38(47-36)44(40-26-25-39(43)48-40)30-13-17-32(18-14-30)56(52,53)54/h1-26,45,48H,(H,49,50,51)(H,52,53,54)/p+2. The third kappa shape index (κ3) is 6.46. The summed E-state index contributed by atoms with van der Waals surface area (Å²) in [7, 11) is -8.85. The highest BCUT2D eigenvalue weighted by Gasteiger charge is 2.24. The SMILES string of the molecule is O=S(=O)(O)c1ccc(-c2c3[nH+]c(c(-c4ccccc4)c4ccc([nH]4)c(-c4ccccc4)c4[nH+]c(c(-c5ccc(S(=O)(=O)O)cc5)c5ccc2[nH]5)C=C4)C=C3)cc1. The second-order valence-electron chi connectivity index (χ2n) is 13.4. The van der Waals surface area contributed by atoms with Gasteiger partial charge in [0.2, 0.25) is 22.8 Å². The number of rotatable bonds is 6. The first-order chi connectivity index (χ1) is 27.0. The highest BCUT2D eigenvalue weighted by atomic mass is 32.2. The van der Waals surface area contributed by atoms with E-state index in [0.717, 1.165) is 67.2 Å². The van der Waals surface area contributed by atoms with Gasteiger partial charge in [-0.1, -0.05) is 84.9 Å². The van der Waals surface area contributed by atoms with Crippen LogP contribution < -0.4 is 9.97 Å². The fourth-order valence-corrected chi connectivity index (χ4v) is 8.33. The molecule has 0 unspecified atom stereocenters. The van der Waals surface area contributed by atoms with Crippen LogP contribution in [0, 0.1) is 0 Å². The van der Waals surface area contributed by atoms with E-state index in [9.17, 15) is 25.9 Å². The summed E-state index contributed by atoms with van der Waals surface area (Å²) in [6.45, 7) is 0. The molecular formula is C44H32N4O6S2+2. The number of aromatic amines is 4. The Morgan fingerprint density at radius 2 is 0.625 bits per heavy atom. The number of hydrogen-bond donors (Lipinski definition) is 4. The van der Waals surface area contributed by atoms with Gasteiger partial charge in [-0.2, -0.15) is 16.8 Å². The van der Waals surface area contributed by atoms with E-state index in [2.05, 4.69) is 56.3 Å². The normalized spacial score (nSPS) is 12.6. The molecule has 0 saturated heterocycles. The predicted molar refractivity (Wildman–Crippen MR) is 218 cm³/mol. The number of benzene rings is 4. The Morgan fingerprint density at radius 1 is 0.357 bits per heavy atom. The van der Waals surface area contributed by atoms with Crippen molar-refractivity contribution in [1.82, 2.24) is 9.97 Å². The van der Waals surface area contributed by atoms with Crippen LogP contribution in [-0.4, -0.2) is 35.9 Å². The molecule has 0 amide bonds. The van der Waals surface area contributed by atoms with E-state index in [-0.39, 0.29) is 9.79 Å². The molecule has 0 radical (unpaired) electrons. The maximum atomic E-state index is 12.0. The van der Waals surface area contributed by atoms with Crippen molar-refractivity contribution < 1.29 is 35.9 Å². The summed E-state index contributed by atoms with van der Waals surface area (Å²) in [5, 5.41) is 0. The van der Waals surface area contributed by atoms with Gasteiger partial charge < -0.3 is 9.97 Å². The van der Waals surface area contributed by atoms with Gasteiger partial charge in [-0.15, -0.1) is 0 Å². The lowest BCUT2D eigenvalue weighted by molar-refractivity contribution is -0.378. The van der Waals surface area contributed by atoms with E-state index in [4.69, 9.17) is 0 Å². The van der Waals surface area contributed by atoms with Gasteiger partial charge >= 0.3 is 0 Å². The summed E-state index contributed by atoms with van der Waals surface area (Å²) >= 11 is 0. The lowest BCUT2D eigenvalue weighted by atomic mass is 10.0. The summed E-state index contributed by atoms with van der Waals surface area (Å²) in [4.78, 5) is 14.2. The minimum absolute atomic E-state index is 0.227. The van der Waals surface area contributed by atoms with Crippen molar-refractivity contribution >= 4 is 66.6 Å². The molecule has 56 heavy (non-hydrogen) atoms. The first-order valence-electron chi connectivity index (χ1n) is 17.5. The van der Waals surface area contributed by atoms with Crippen molar-refractivity contribution in [2.75, 3.05) is 0 Å². The molecule has 274 valence electrons. The third-order valence-electron chi connectivity index (χ3n) is 9.91. The highest BCUT2D eigenvalue weighted by Crippen LogP contribution is 2.37. The molecule has 10 nitrogen and oxygen atoms in total. The highest BCUT2D eigenvalue weighted by molar-refractivity contribution is 7.86. The number of H-pyrrole nitrogens is 4. The van der Waals surface area contributed by atoms with Crippen molar-refractivity contribution in [2.45, 2.75) is 9.79 Å². The van der Waals surface area contributed by atoms with Gasteiger partial charge in [0.25, 0.3) is 20.2 Å². The van der Waals surface area contributed by atoms with E-state index in [1.807, 2.05) is 72.8 Å². The first kappa shape index (κ1) is 35.0. The van der Waals surface area contributed by atoms with E-state index in [1.54, 1.807) is 24.3 Å². The zero-order valence-corrected chi connectivity index (χ0v) is 31.0. The van der Waals surface area contributed by atoms with Crippen LogP contribution in [0.1, 0.15) is 22.8 Å². The predicted octanol–water partition coefficient (Wildman–Crippen LogP) is 8.66. The summed E-state index contributed by atoms with van der Waals surface area (Å²) in [6, 6.07) is 40.2. The lowest BCUT2D eigenvalue weighted by Gasteiger charge is -2.04. The monoisotopic (exact) mass is 776 g/mol. The average molecular weight is 777 g/mol. The largest absolute Gasteiger partial charge is 0.354 e. The van der Waals surface area contributed by atoms with Crippen LogP contribution in [0.3, 0.4) is 0 Å². The molecule has 0 saturated carbocycles. The fourth-order valence-electron chi connectivity index (χ4n) is 7.37. The molecule has 2 aliphatic heterocycles. The number of fused-ring (bicyclic) bond motifs is 8. The van der Waals surface area contributed by atoms with E-state index < -0.39 is 20.2 Å². The Labute approximate surface area is 321 Å². The molecule has 3 aromatic heterocycles. The molecule has 0 aliphatic carbocycles. The van der Waals surface area contributed by atoms with E-state index in [0.29, 0.717) is 22.2 Å². The van der Waals surface area contributed by atoms with Gasteiger partial charge in [0, 0.05) is 24.3 Å². The lowest BCUT2D eigenvalue weighted by Crippen LogP contribution is -2.09. The van der Waals surface area contributed by atoms with Gasteiger partial charge in [-0.25, -0.2) is 9.97 Å². The summed E-state index contributed by atoms with van der Waals surface area (Å²) < 4.78 is 67.4. The van der Waals surface area contributed by atoms with Crippen LogP contribution in [0.15, 0.2) is 143 Å². The molecule has 5 heterocycles. The molecule has 8 bridgehead atoms. The fraction of sp³-hybridized carbons (Fsp3) is 0. The third-order valence-corrected chi connectivity index (χ3v) is 11.6.